The lowest BCUT2D eigenvalue weighted by Gasteiger charge is -2.13. The molecule has 0 aliphatic carbocycles. The zero-order valence-electron chi connectivity index (χ0n) is 10.2. The monoisotopic (exact) mass is 234 g/mol. The average Bonchev–Trinajstić information content (AvgIpc) is 2.63. The fraction of sp³-hybridized carbons (Fsp3) is 0.462. The fourth-order valence-electron chi connectivity index (χ4n) is 2.22. The first-order valence-electron chi connectivity index (χ1n) is 5.90. The Labute approximate surface area is 101 Å². The third kappa shape index (κ3) is 2.18. The summed E-state index contributed by atoms with van der Waals surface area (Å²) in [6, 6.07) is 3.77. The Bertz CT molecular complexity index is 443. The number of hydrogen-bond donors (Lipinski definition) is 3. The van der Waals surface area contributed by atoms with Crippen molar-refractivity contribution in [2.24, 2.45) is 0 Å². The van der Waals surface area contributed by atoms with Crippen LogP contribution in [0.1, 0.15) is 29.2 Å². The van der Waals surface area contributed by atoms with E-state index in [1.807, 2.05) is 26.0 Å². The summed E-state index contributed by atoms with van der Waals surface area (Å²) in [4.78, 5) is 11.9. The van der Waals surface area contributed by atoms with Crippen LogP contribution < -0.4 is 10.6 Å². The van der Waals surface area contributed by atoms with Crippen LogP contribution in [-0.4, -0.2) is 24.2 Å². The molecule has 1 atom stereocenters. The van der Waals surface area contributed by atoms with Crippen LogP contribution in [0.3, 0.4) is 0 Å². The van der Waals surface area contributed by atoms with Gasteiger partial charge in [-0.25, -0.2) is 0 Å². The topological polar surface area (TPSA) is 61.4 Å². The minimum Gasteiger partial charge on any atom is -0.396 e. The van der Waals surface area contributed by atoms with Crippen LogP contribution in [0.2, 0.25) is 0 Å². The van der Waals surface area contributed by atoms with E-state index in [4.69, 9.17) is 5.11 Å². The van der Waals surface area contributed by atoms with Gasteiger partial charge in [-0.1, -0.05) is 12.1 Å². The molecule has 1 aromatic carbocycles. The summed E-state index contributed by atoms with van der Waals surface area (Å²) in [5.74, 6) is -0.00432. The van der Waals surface area contributed by atoms with Crippen LogP contribution in [0.4, 0.5) is 5.69 Å². The lowest BCUT2D eigenvalue weighted by atomic mass is 9.99. The van der Waals surface area contributed by atoms with Crippen molar-refractivity contribution in [3.63, 3.8) is 0 Å². The van der Waals surface area contributed by atoms with Crippen molar-refractivity contribution in [2.75, 3.05) is 18.5 Å². The molecular formula is C13H18N2O2. The SMILES string of the molecule is Cc1ccc(C)c2c1NC(=O)C2NCCCO. The molecule has 1 heterocycles. The van der Waals surface area contributed by atoms with Gasteiger partial charge in [0.15, 0.2) is 0 Å². The number of aryl methyl sites for hydroxylation is 2. The van der Waals surface area contributed by atoms with Crippen LogP contribution >= 0.6 is 0 Å². The summed E-state index contributed by atoms with van der Waals surface area (Å²) in [5.41, 5.74) is 4.19. The Balaban J connectivity index is 2.26. The van der Waals surface area contributed by atoms with Crippen LogP contribution in [0.5, 0.6) is 0 Å². The van der Waals surface area contributed by atoms with Crippen LogP contribution in [-0.2, 0) is 4.79 Å². The number of carbonyl (C=O) groups excluding carboxylic acids is 1. The molecule has 92 valence electrons. The largest absolute Gasteiger partial charge is 0.396 e. The smallest absolute Gasteiger partial charge is 0.246 e. The number of anilines is 1. The first-order valence-corrected chi connectivity index (χ1v) is 5.90. The molecule has 0 saturated carbocycles. The highest BCUT2D eigenvalue weighted by atomic mass is 16.3. The molecule has 0 spiro atoms. The van der Waals surface area contributed by atoms with Crippen molar-refractivity contribution >= 4 is 11.6 Å². The van der Waals surface area contributed by atoms with E-state index in [1.165, 1.54) is 0 Å². The van der Waals surface area contributed by atoms with E-state index in [1.54, 1.807) is 0 Å². The number of hydrogen-bond acceptors (Lipinski definition) is 3. The van der Waals surface area contributed by atoms with E-state index < -0.39 is 0 Å². The van der Waals surface area contributed by atoms with Gasteiger partial charge < -0.3 is 15.7 Å². The molecule has 0 saturated heterocycles. The number of fused-ring (bicyclic) bond motifs is 1. The molecule has 1 aliphatic rings. The average molecular weight is 234 g/mol. The van der Waals surface area contributed by atoms with E-state index in [-0.39, 0.29) is 18.6 Å². The Morgan fingerprint density at radius 1 is 1.35 bits per heavy atom. The summed E-state index contributed by atoms with van der Waals surface area (Å²) < 4.78 is 0. The van der Waals surface area contributed by atoms with Gasteiger partial charge >= 0.3 is 0 Å². The summed E-state index contributed by atoms with van der Waals surface area (Å²) in [6.07, 6.45) is 0.657. The summed E-state index contributed by atoms with van der Waals surface area (Å²) in [7, 11) is 0. The van der Waals surface area contributed by atoms with Crippen molar-refractivity contribution in [3.05, 3.63) is 28.8 Å². The zero-order valence-corrected chi connectivity index (χ0v) is 10.2. The molecule has 4 heteroatoms. The molecule has 1 aliphatic heterocycles. The highest BCUT2D eigenvalue weighted by Crippen LogP contribution is 2.35. The quantitative estimate of drug-likeness (QED) is 0.687. The number of rotatable bonds is 4. The molecule has 4 nitrogen and oxygen atoms in total. The molecule has 1 amide bonds. The molecule has 17 heavy (non-hydrogen) atoms. The van der Waals surface area contributed by atoms with Gasteiger partial charge in [-0.05, 0) is 37.9 Å². The van der Waals surface area contributed by atoms with Gasteiger partial charge in [-0.3, -0.25) is 4.79 Å². The van der Waals surface area contributed by atoms with Crippen LogP contribution in [0.15, 0.2) is 12.1 Å². The Morgan fingerprint density at radius 3 is 2.76 bits per heavy atom. The van der Waals surface area contributed by atoms with Gasteiger partial charge in [0, 0.05) is 17.9 Å². The fourth-order valence-corrected chi connectivity index (χ4v) is 2.22. The maximum Gasteiger partial charge on any atom is 0.246 e. The third-order valence-electron chi connectivity index (χ3n) is 3.15. The van der Waals surface area contributed by atoms with Crippen molar-refractivity contribution < 1.29 is 9.90 Å². The van der Waals surface area contributed by atoms with Gasteiger partial charge in [-0.15, -0.1) is 0 Å². The lowest BCUT2D eigenvalue weighted by Crippen LogP contribution is -2.29. The maximum absolute atomic E-state index is 11.9. The predicted octanol–water partition coefficient (Wildman–Crippen LogP) is 1.27. The normalized spacial score (nSPS) is 18.1. The lowest BCUT2D eigenvalue weighted by molar-refractivity contribution is -0.117. The highest BCUT2D eigenvalue weighted by molar-refractivity contribution is 6.03. The highest BCUT2D eigenvalue weighted by Gasteiger charge is 2.32. The molecular weight excluding hydrogens is 216 g/mol. The van der Waals surface area contributed by atoms with Gasteiger partial charge in [0.2, 0.25) is 5.91 Å². The molecule has 0 bridgehead atoms. The van der Waals surface area contributed by atoms with Crippen LogP contribution in [0, 0.1) is 13.8 Å². The number of aliphatic hydroxyl groups excluding tert-OH is 1. The van der Waals surface area contributed by atoms with Gasteiger partial charge in [0.05, 0.1) is 0 Å². The van der Waals surface area contributed by atoms with E-state index in [0.717, 1.165) is 22.4 Å². The van der Waals surface area contributed by atoms with Crippen molar-refractivity contribution in [2.45, 2.75) is 26.3 Å². The van der Waals surface area contributed by atoms with Gasteiger partial charge in [0.25, 0.3) is 0 Å². The Morgan fingerprint density at radius 2 is 2.06 bits per heavy atom. The second-order valence-corrected chi connectivity index (χ2v) is 4.44. The predicted molar refractivity (Wildman–Crippen MR) is 67.0 cm³/mol. The number of amides is 1. The third-order valence-corrected chi connectivity index (χ3v) is 3.15. The molecule has 1 unspecified atom stereocenters. The second-order valence-electron chi connectivity index (χ2n) is 4.44. The second kappa shape index (κ2) is 4.85. The Kier molecular flexibility index (Phi) is 3.45. The van der Waals surface area contributed by atoms with E-state index >= 15 is 0 Å². The molecule has 0 fully saturated rings. The molecule has 1 aromatic rings. The number of nitrogens with one attached hydrogen (secondary N) is 2. The van der Waals surface area contributed by atoms with Crippen molar-refractivity contribution in [1.29, 1.82) is 0 Å². The maximum atomic E-state index is 11.9. The number of aliphatic hydroxyl groups is 1. The molecule has 3 N–H and O–H groups in total. The van der Waals surface area contributed by atoms with Gasteiger partial charge in [0.1, 0.15) is 6.04 Å². The molecule has 0 aromatic heterocycles. The first kappa shape index (κ1) is 12.1. The summed E-state index contributed by atoms with van der Waals surface area (Å²) in [5, 5.41) is 14.9. The van der Waals surface area contributed by atoms with Gasteiger partial charge in [-0.2, -0.15) is 0 Å². The van der Waals surface area contributed by atoms with Crippen molar-refractivity contribution in [3.8, 4) is 0 Å². The van der Waals surface area contributed by atoms with E-state index in [9.17, 15) is 4.79 Å². The molecule has 2 rings (SSSR count). The number of benzene rings is 1. The first-order chi connectivity index (χ1) is 8.15. The minimum absolute atomic E-state index is 0.00432. The van der Waals surface area contributed by atoms with E-state index in [0.29, 0.717) is 13.0 Å². The zero-order chi connectivity index (χ0) is 12.4. The Hall–Kier alpha value is -1.39. The molecule has 0 radical (unpaired) electrons. The van der Waals surface area contributed by atoms with E-state index in [2.05, 4.69) is 10.6 Å². The van der Waals surface area contributed by atoms with Crippen LogP contribution in [0.25, 0.3) is 0 Å². The minimum atomic E-state index is -0.281. The number of carbonyl (C=O) groups is 1. The standard InChI is InChI=1S/C13H18N2O2/c1-8-4-5-9(2)11-10(8)12(13(17)15-11)14-6-3-7-16/h4-5,12,14,16H,3,6-7H2,1-2H3,(H,15,17). The summed E-state index contributed by atoms with van der Waals surface area (Å²) in [6.45, 7) is 4.79. The van der Waals surface area contributed by atoms with Crippen molar-refractivity contribution in [1.82, 2.24) is 5.32 Å². The summed E-state index contributed by atoms with van der Waals surface area (Å²) >= 11 is 0.